The summed E-state index contributed by atoms with van der Waals surface area (Å²) in [5.74, 6) is 0. The highest BCUT2D eigenvalue weighted by Gasteiger charge is 2.20. The van der Waals surface area contributed by atoms with E-state index in [1.165, 1.54) is 29.2 Å². The van der Waals surface area contributed by atoms with Crippen LogP contribution in [0, 0.1) is 0 Å². The van der Waals surface area contributed by atoms with Crippen LogP contribution >= 0.6 is 0 Å². The Hall–Kier alpha value is -1.38. The average Bonchev–Trinajstić information content (AvgIpc) is 3.29. The van der Waals surface area contributed by atoms with Gasteiger partial charge in [-0.25, -0.2) is 0 Å². The zero-order valence-electron chi connectivity index (χ0n) is 12.2. The molecule has 2 nitrogen and oxygen atoms in total. The zero-order chi connectivity index (χ0) is 13.8. The third kappa shape index (κ3) is 3.81. The summed E-state index contributed by atoms with van der Waals surface area (Å²) >= 11 is 0. The van der Waals surface area contributed by atoms with Crippen LogP contribution in [0.5, 0.6) is 0 Å². The molecule has 0 heterocycles. The molecule has 3 rings (SSSR count). The van der Waals surface area contributed by atoms with Crippen molar-refractivity contribution in [3.05, 3.63) is 48.0 Å². The lowest BCUT2D eigenvalue weighted by Crippen LogP contribution is -2.38. The lowest BCUT2D eigenvalue weighted by atomic mass is 10.1. The van der Waals surface area contributed by atoms with Crippen molar-refractivity contribution < 1.29 is 0 Å². The SMILES string of the molecule is CC(CNC1CC1)NCCc1ccc2ccccc2c1. The summed E-state index contributed by atoms with van der Waals surface area (Å²) in [6.45, 7) is 4.39. The normalized spacial score (nSPS) is 16.4. The van der Waals surface area contributed by atoms with E-state index < -0.39 is 0 Å². The van der Waals surface area contributed by atoms with Crippen LogP contribution in [0.1, 0.15) is 25.3 Å². The molecule has 0 aliphatic heterocycles. The van der Waals surface area contributed by atoms with Gasteiger partial charge in [0.05, 0.1) is 0 Å². The smallest absolute Gasteiger partial charge is 0.0164 e. The molecule has 106 valence electrons. The molecule has 20 heavy (non-hydrogen) atoms. The van der Waals surface area contributed by atoms with Crippen molar-refractivity contribution in [1.82, 2.24) is 10.6 Å². The molecule has 0 spiro atoms. The lowest BCUT2D eigenvalue weighted by Gasteiger charge is -2.14. The fourth-order valence-electron chi connectivity index (χ4n) is 2.56. The Kier molecular flexibility index (Phi) is 4.34. The maximum absolute atomic E-state index is 3.60. The average molecular weight is 268 g/mol. The van der Waals surface area contributed by atoms with E-state index in [0.717, 1.165) is 25.6 Å². The zero-order valence-corrected chi connectivity index (χ0v) is 12.2. The molecule has 1 aliphatic rings. The summed E-state index contributed by atoms with van der Waals surface area (Å²) < 4.78 is 0. The number of nitrogens with one attached hydrogen (secondary N) is 2. The number of benzene rings is 2. The van der Waals surface area contributed by atoms with E-state index in [9.17, 15) is 0 Å². The summed E-state index contributed by atoms with van der Waals surface area (Å²) in [4.78, 5) is 0. The Bertz CT molecular complexity index is 560. The summed E-state index contributed by atoms with van der Waals surface area (Å²) in [5.41, 5.74) is 1.42. The predicted octanol–water partition coefficient (Wildman–Crippen LogP) is 3.11. The van der Waals surface area contributed by atoms with Gasteiger partial charge in [-0.15, -0.1) is 0 Å². The van der Waals surface area contributed by atoms with Gasteiger partial charge in [0.1, 0.15) is 0 Å². The van der Waals surface area contributed by atoms with Crippen LogP contribution in [0.25, 0.3) is 10.8 Å². The molecule has 1 atom stereocenters. The van der Waals surface area contributed by atoms with Crippen LogP contribution < -0.4 is 10.6 Å². The Morgan fingerprint density at radius 1 is 1.10 bits per heavy atom. The summed E-state index contributed by atoms with van der Waals surface area (Å²) in [5, 5.41) is 9.83. The first-order chi connectivity index (χ1) is 9.81. The molecule has 0 aromatic heterocycles. The van der Waals surface area contributed by atoms with Crippen LogP contribution in [0.4, 0.5) is 0 Å². The molecule has 2 aromatic carbocycles. The molecule has 0 bridgehead atoms. The molecule has 1 saturated carbocycles. The predicted molar refractivity (Wildman–Crippen MR) is 86.1 cm³/mol. The molecule has 2 heteroatoms. The van der Waals surface area contributed by atoms with E-state index in [4.69, 9.17) is 0 Å². The van der Waals surface area contributed by atoms with E-state index in [1.54, 1.807) is 0 Å². The number of hydrogen-bond acceptors (Lipinski definition) is 2. The second-order valence-electron chi connectivity index (χ2n) is 5.97. The van der Waals surface area contributed by atoms with Gasteiger partial charge in [0, 0.05) is 18.6 Å². The van der Waals surface area contributed by atoms with Crippen molar-refractivity contribution in [2.75, 3.05) is 13.1 Å². The van der Waals surface area contributed by atoms with Crippen molar-refractivity contribution in [2.24, 2.45) is 0 Å². The molecular weight excluding hydrogens is 244 g/mol. The maximum atomic E-state index is 3.60. The Labute approximate surface area is 121 Å². The van der Waals surface area contributed by atoms with Gasteiger partial charge in [0.25, 0.3) is 0 Å². The van der Waals surface area contributed by atoms with Crippen molar-refractivity contribution in [3.63, 3.8) is 0 Å². The van der Waals surface area contributed by atoms with Gasteiger partial charge in [-0.05, 0) is 49.1 Å². The highest BCUT2D eigenvalue weighted by Crippen LogP contribution is 2.18. The minimum Gasteiger partial charge on any atom is -0.313 e. The fraction of sp³-hybridized carbons (Fsp3) is 0.444. The van der Waals surface area contributed by atoms with Crippen LogP contribution in [0.2, 0.25) is 0 Å². The van der Waals surface area contributed by atoms with Crippen molar-refractivity contribution in [3.8, 4) is 0 Å². The van der Waals surface area contributed by atoms with Gasteiger partial charge in [0.15, 0.2) is 0 Å². The largest absolute Gasteiger partial charge is 0.313 e. The standard InChI is InChI=1S/C18H24N2/c1-14(13-20-18-8-9-18)19-11-10-15-6-7-16-4-2-3-5-17(16)12-15/h2-7,12,14,18-20H,8-11,13H2,1H3. The van der Waals surface area contributed by atoms with E-state index in [1.807, 2.05) is 0 Å². The third-order valence-electron chi connectivity index (χ3n) is 4.01. The Morgan fingerprint density at radius 3 is 2.70 bits per heavy atom. The monoisotopic (exact) mass is 268 g/mol. The van der Waals surface area contributed by atoms with Crippen molar-refractivity contribution in [2.45, 2.75) is 38.3 Å². The molecular formula is C18H24N2. The number of rotatable bonds is 7. The quantitative estimate of drug-likeness (QED) is 0.806. The van der Waals surface area contributed by atoms with Crippen LogP contribution in [0.15, 0.2) is 42.5 Å². The van der Waals surface area contributed by atoms with Gasteiger partial charge < -0.3 is 10.6 Å². The first-order valence-corrected chi connectivity index (χ1v) is 7.76. The molecule has 1 fully saturated rings. The minimum absolute atomic E-state index is 0.552. The Balaban J connectivity index is 1.46. The van der Waals surface area contributed by atoms with Gasteiger partial charge >= 0.3 is 0 Å². The van der Waals surface area contributed by atoms with E-state index in [2.05, 4.69) is 60.0 Å². The van der Waals surface area contributed by atoms with Crippen LogP contribution in [-0.4, -0.2) is 25.2 Å². The van der Waals surface area contributed by atoms with Crippen LogP contribution in [0.3, 0.4) is 0 Å². The van der Waals surface area contributed by atoms with Crippen molar-refractivity contribution >= 4 is 10.8 Å². The van der Waals surface area contributed by atoms with Gasteiger partial charge in [-0.3, -0.25) is 0 Å². The third-order valence-corrected chi connectivity index (χ3v) is 4.01. The van der Waals surface area contributed by atoms with Crippen LogP contribution in [-0.2, 0) is 6.42 Å². The molecule has 2 aromatic rings. The highest BCUT2D eigenvalue weighted by molar-refractivity contribution is 5.82. The molecule has 2 N–H and O–H groups in total. The second kappa shape index (κ2) is 6.38. The number of hydrogen-bond donors (Lipinski definition) is 2. The van der Waals surface area contributed by atoms with E-state index in [0.29, 0.717) is 6.04 Å². The fourth-order valence-corrected chi connectivity index (χ4v) is 2.56. The second-order valence-corrected chi connectivity index (χ2v) is 5.97. The Morgan fingerprint density at radius 2 is 1.90 bits per heavy atom. The topological polar surface area (TPSA) is 24.1 Å². The molecule has 1 aliphatic carbocycles. The van der Waals surface area contributed by atoms with Gasteiger partial charge in [0.2, 0.25) is 0 Å². The summed E-state index contributed by atoms with van der Waals surface area (Å²) in [7, 11) is 0. The molecule has 0 saturated heterocycles. The minimum atomic E-state index is 0.552. The van der Waals surface area contributed by atoms with E-state index in [-0.39, 0.29) is 0 Å². The van der Waals surface area contributed by atoms with Gasteiger partial charge in [-0.1, -0.05) is 42.5 Å². The maximum Gasteiger partial charge on any atom is 0.0164 e. The number of fused-ring (bicyclic) bond motifs is 1. The first kappa shape index (κ1) is 13.6. The summed E-state index contributed by atoms with van der Waals surface area (Å²) in [6.07, 6.45) is 3.83. The lowest BCUT2D eigenvalue weighted by molar-refractivity contribution is 0.503. The highest BCUT2D eigenvalue weighted by atomic mass is 15.0. The molecule has 1 unspecified atom stereocenters. The molecule has 0 amide bonds. The van der Waals surface area contributed by atoms with Gasteiger partial charge in [-0.2, -0.15) is 0 Å². The van der Waals surface area contributed by atoms with Crippen molar-refractivity contribution in [1.29, 1.82) is 0 Å². The summed E-state index contributed by atoms with van der Waals surface area (Å²) in [6, 6.07) is 16.7. The first-order valence-electron chi connectivity index (χ1n) is 7.76. The molecule has 0 radical (unpaired) electrons. The van der Waals surface area contributed by atoms with E-state index >= 15 is 0 Å².